The van der Waals surface area contributed by atoms with Gasteiger partial charge in [-0.2, -0.15) is 0 Å². The van der Waals surface area contributed by atoms with Crippen LogP contribution in [-0.2, 0) is 10.0 Å². The number of carbonyl (C=O) groups is 1. The van der Waals surface area contributed by atoms with E-state index >= 15 is 0 Å². The zero-order valence-corrected chi connectivity index (χ0v) is 13.0. The molecular weight excluding hydrogens is 330 g/mol. The number of hydrogen-bond acceptors (Lipinski definition) is 4. The maximum absolute atomic E-state index is 12.3. The summed E-state index contributed by atoms with van der Waals surface area (Å²) in [6.45, 7) is 0. The third-order valence-electron chi connectivity index (χ3n) is 2.85. The van der Waals surface area contributed by atoms with E-state index in [0.29, 0.717) is 5.75 Å². The molecule has 0 heterocycles. The molecular formula is C14H12ClNO5S. The average molecular weight is 342 g/mol. The van der Waals surface area contributed by atoms with E-state index in [9.17, 15) is 13.2 Å². The highest BCUT2D eigenvalue weighted by Crippen LogP contribution is 2.29. The van der Waals surface area contributed by atoms with Gasteiger partial charge in [0.2, 0.25) is 0 Å². The number of carboxylic acids is 1. The van der Waals surface area contributed by atoms with E-state index in [1.165, 1.54) is 49.6 Å². The highest BCUT2D eigenvalue weighted by Gasteiger charge is 2.20. The standard InChI is InChI=1S/C14H12ClNO5S/c1-21-9-5-7-10(8-6-9)22(19,20)16-13-11(14(17)18)3-2-4-12(13)15/h2-8,16H,1H3,(H,17,18). The lowest BCUT2D eigenvalue weighted by Gasteiger charge is -2.12. The van der Waals surface area contributed by atoms with Gasteiger partial charge in [0.05, 0.1) is 28.3 Å². The number of halogens is 1. The molecule has 0 spiro atoms. The SMILES string of the molecule is COc1ccc(S(=O)(=O)Nc2c(Cl)cccc2C(=O)O)cc1. The van der Waals surface area contributed by atoms with Crippen LogP contribution < -0.4 is 9.46 Å². The first-order chi connectivity index (χ1) is 10.3. The van der Waals surface area contributed by atoms with Gasteiger partial charge in [0.15, 0.2) is 0 Å². The van der Waals surface area contributed by atoms with Crippen molar-refractivity contribution in [3.63, 3.8) is 0 Å². The van der Waals surface area contributed by atoms with Crippen molar-refractivity contribution in [1.82, 2.24) is 0 Å². The number of methoxy groups -OCH3 is 1. The Balaban J connectivity index is 2.42. The summed E-state index contributed by atoms with van der Waals surface area (Å²) in [6.07, 6.45) is 0. The minimum atomic E-state index is -3.97. The number of rotatable bonds is 5. The zero-order chi connectivity index (χ0) is 16.3. The minimum Gasteiger partial charge on any atom is -0.497 e. The lowest BCUT2D eigenvalue weighted by Crippen LogP contribution is -2.16. The molecule has 0 unspecified atom stereocenters. The molecule has 0 aliphatic rings. The molecule has 116 valence electrons. The van der Waals surface area contributed by atoms with Crippen molar-refractivity contribution >= 4 is 33.3 Å². The molecule has 0 radical (unpaired) electrons. The molecule has 2 N–H and O–H groups in total. The number of aromatic carboxylic acids is 1. The number of hydrogen-bond donors (Lipinski definition) is 2. The van der Waals surface area contributed by atoms with Crippen LogP contribution in [0.15, 0.2) is 47.4 Å². The van der Waals surface area contributed by atoms with Gasteiger partial charge in [-0.3, -0.25) is 4.72 Å². The van der Waals surface area contributed by atoms with E-state index < -0.39 is 16.0 Å². The molecule has 0 fully saturated rings. The van der Waals surface area contributed by atoms with Crippen molar-refractivity contribution in [2.24, 2.45) is 0 Å². The van der Waals surface area contributed by atoms with Crippen LogP contribution in [0.4, 0.5) is 5.69 Å². The fraction of sp³-hybridized carbons (Fsp3) is 0.0714. The van der Waals surface area contributed by atoms with Gasteiger partial charge in [-0.15, -0.1) is 0 Å². The molecule has 0 bridgehead atoms. The summed E-state index contributed by atoms with van der Waals surface area (Å²) >= 11 is 5.90. The average Bonchev–Trinajstić information content (AvgIpc) is 2.49. The molecule has 0 atom stereocenters. The van der Waals surface area contributed by atoms with E-state index in [4.69, 9.17) is 21.4 Å². The Bertz CT molecular complexity index is 802. The molecule has 0 aromatic heterocycles. The molecule has 0 saturated heterocycles. The van der Waals surface area contributed by atoms with Gasteiger partial charge in [0.25, 0.3) is 10.0 Å². The molecule has 2 aromatic rings. The van der Waals surface area contributed by atoms with E-state index in [-0.39, 0.29) is 21.2 Å². The largest absolute Gasteiger partial charge is 0.497 e. The molecule has 0 amide bonds. The van der Waals surface area contributed by atoms with Gasteiger partial charge in [-0.05, 0) is 36.4 Å². The second kappa shape index (κ2) is 6.25. The summed E-state index contributed by atoms with van der Waals surface area (Å²) in [6, 6.07) is 9.76. The maximum Gasteiger partial charge on any atom is 0.337 e. The fourth-order valence-corrected chi connectivity index (χ4v) is 3.13. The molecule has 8 heteroatoms. The van der Waals surface area contributed by atoms with Crippen LogP contribution in [0.3, 0.4) is 0 Å². The molecule has 0 saturated carbocycles. The Morgan fingerprint density at radius 2 is 1.82 bits per heavy atom. The second-order valence-electron chi connectivity index (χ2n) is 4.25. The number of ether oxygens (including phenoxy) is 1. The van der Waals surface area contributed by atoms with Gasteiger partial charge in [-0.25, -0.2) is 13.2 Å². The smallest absolute Gasteiger partial charge is 0.337 e. The van der Waals surface area contributed by atoms with Gasteiger partial charge in [0, 0.05) is 0 Å². The van der Waals surface area contributed by atoms with Crippen LogP contribution in [0, 0.1) is 0 Å². The van der Waals surface area contributed by atoms with E-state index in [1.807, 2.05) is 0 Å². The third kappa shape index (κ3) is 3.32. The van der Waals surface area contributed by atoms with Crippen LogP contribution in [0.1, 0.15) is 10.4 Å². The number of anilines is 1. The van der Waals surface area contributed by atoms with E-state index in [1.54, 1.807) is 0 Å². The summed E-state index contributed by atoms with van der Waals surface area (Å²) < 4.78 is 31.8. The lowest BCUT2D eigenvalue weighted by molar-refractivity contribution is 0.0698. The van der Waals surface area contributed by atoms with Crippen molar-refractivity contribution in [2.45, 2.75) is 4.90 Å². The van der Waals surface area contributed by atoms with Crippen molar-refractivity contribution < 1.29 is 23.1 Å². The summed E-state index contributed by atoms with van der Waals surface area (Å²) in [7, 11) is -2.51. The fourth-order valence-electron chi connectivity index (χ4n) is 1.75. The number of para-hydroxylation sites is 1. The van der Waals surface area contributed by atoms with Gasteiger partial charge >= 0.3 is 5.97 Å². The monoisotopic (exact) mass is 341 g/mol. The number of sulfonamides is 1. The van der Waals surface area contributed by atoms with E-state index in [2.05, 4.69) is 4.72 Å². The third-order valence-corrected chi connectivity index (χ3v) is 4.53. The van der Waals surface area contributed by atoms with Crippen molar-refractivity contribution in [1.29, 1.82) is 0 Å². The topological polar surface area (TPSA) is 92.7 Å². The summed E-state index contributed by atoms with van der Waals surface area (Å²) in [5.41, 5.74) is -0.405. The molecule has 2 rings (SSSR count). The molecule has 22 heavy (non-hydrogen) atoms. The predicted octanol–water partition coefficient (Wildman–Crippen LogP) is 2.85. The van der Waals surface area contributed by atoms with Crippen LogP contribution in [0.25, 0.3) is 0 Å². The Labute approximate surface area is 132 Å². The normalized spacial score (nSPS) is 11.0. The first-order valence-corrected chi connectivity index (χ1v) is 7.90. The summed E-state index contributed by atoms with van der Waals surface area (Å²) in [5, 5.41) is 9.11. The molecule has 6 nitrogen and oxygen atoms in total. The highest BCUT2D eigenvalue weighted by molar-refractivity contribution is 7.92. The van der Waals surface area contributed by atoms with Crippen LogP contribution in [-0.4, -0.2) is 26.6 Å². The first kappa shape index (κ1) is 16.1. The van der Waals surface area contributed by atoms with Crippen molar-refractivity contribution in [3.8, 4) is 5.75 Å². The van der Waals surface area contributed by atoms with Crippen molar-refractivity contribution in [2.75, 3.05) is 11.8 Å². The van der Waals surface area contributed by atoms with Crippen LogP contribution in [0.2, 0.25) is 5.02 Å². The van der Waals surface area contributed by atoms with Gasteiger partial charge < -0.3 is 9.84 Å². The van der Waals surface area contributed by atoms with Crippen LogP contribution >= 0.6 is 11.6 Å². The predicted molar refractivity (Wildman–Crippen MR) is 82.2 cm³/mol. The number of carboxylic acid groups (broad SMARTS) is 1. The van der Waals surface area contributed by atoms with Crippen molar-refractivity contribution in [3.05, 3.63) is 53.1 Å². The molecule has 0 aliphatic heterocycles. The highest BCUT2D eigenvalue weighted by atomic mass is 35.5. The Morgan fingerprint density at radius 1 is 1.18 bits per heavy atom. The molecule has 0 aliphatic carbocycles. The maximum atomic E-state index is 12.3. The Hall–Kier alpha value is -2.25. The first-order valence-electron chi connectivity index (χ1n) is 6.04. The number of nitrogens with one attached hydrogen (secondary N) is 1. The van der Waals surface area contributed by atoms with Gasteiger partial charge in [-0.1, -0.05) is 17.7 Å². The molecule has 2 aromatic carbocycles. The van der Waals surface area contributed by atoms with Crippen LogP contribution in [0.5, 0.6) is 5.75 Å². The summed E-state index contributed by atoms with van der Waals surface area (Å²) in [4.78, 5) is 11.1. The second-order valence-corrected chi connectivity index (χ2v) is 6.34. The van der Waals surface area contributed by atoms with E-state index in [0.717, 1.165) is 0 Å². The minimum absolute atomic E-state index is 0.00279. The zero-order valence-electron chi connectivity index (χ0n) is 11.4. The quantitative estimate of drug-likeness (QED) is 0.872. The Morgan fingerprint density at radius 3 is 2.36 bits per heavy atom. The lowest BCUT2D eigenvalue weighted by atomic mass is 10.2. The van der Waals surface area contributed by atoms with Gasteiger partial charge in [0.1, 0.15) is 5.75 Å². The Kier molecular flexibility index (Phi) is 4.58. The summed E-state index contributed by atoms with van der Waals surface area (Å²) in [5.74, 6) is -0.780. The number of benzene rings is 2.